The van der Waals surface area contributed by atoms with Crippen LogP contribution in [-0.2, 0) is 6.42 Å². The second-order valence-corrected chi connectivity index (χ2v) is 6.92. The summed E-state index contributed by atoms with van der Waals surface area (Å²) in [5, 5.41) is 3.68. The van der Waals surface area contributed by atoms with Crippen LogP contribution in [-0.4, -0.2) is 6.54 Å². The van der Waals surface area contributed by atoms with E-state index >= 15 is 0 Å². The predicted molar refractivity (Wildman–Crippen MR) is 72.4 cm³/mol. The summed E-state index contributed by atoms with van der Waals surface area (Å²) >= 11 is 7.79. The summed E-state index contributed by atoms with van der Waals surface area (Å²) in [4.78, 5) is 1.49. The number of hydrogen-bond acceptors (Lipinski definition) is 2. The average molecular weight is 258 g/mol. The lowest BCUT2D eigenvalue weighted by atomic mass is 9.97. The van der Waals surface area contributed by atoms with Gasteiger partial charge in [-0.05, 0) is 42.9 Å². The highest BCUT2D eigenvalue weighted by Crippen LogP contribution is 2.39. The van der Waals surface area contributed by atoms with Crippen LogP contribution in [0.25, 0.3) is 0 Å². The molecule has 2 atom stereocenters. The molecule has 0 spiro atoms. The third-order valence-corrected chi connectivity index (χ3v) is 5.01. The van der Waals surface area contributed by atoms with Gasteiger partial charge in [-0.25, -0.2) is 0 Å². The molecule has 1 aromatic rings. The Kier molecular flexibility index (Phi) is 3.93. The molecule has 2 unspecified atom stereocenters. The maximum absolute atomic E-state index is 6.05. The first-order valence-corrected chi connectivity index (χ1v) is 7.29. The van der Waals surface area contributed by atoms with Crippen molar-refractivity contribution in [2.45, 2.75) is 39.7 Å². The maximum Gasteiger partial charge on any atom is 0.0934 e. The third kappa shape index (κ3) is 2.61. The second-order valence-electron chi connectivity index (χ2n) is 5.15. The Balaban J connectivity index is 1.93. The molecule has 0 amide bonds. The minimum Gasteiger partial charge on any atom is -0.310 e. The largest absolute Gasteiger partial charge is 0.310 e. The molecule has 0 saturated heterocycles. The normalized spacial score (nSPS) is 21.4. The molecule has 0 aliphatic heterocycles. The van der Waals surface area contributed by atoms with Gasteiger partial charge >= 0.3 is 0 Å². The summed E-state index contributed by atoms with van der Waals surface area (Å²) in [5.74, 6) is 1.48. The van der Waals surface area contributed by atoms with Crippen molar-refractivity contribution in [1.82, 2.24) is 5.32 Å². The van der Waals surface area contributed by atoms with Crippen LogP contribution >= 0.6 is 22.9 Å². The van der Waals surface area contributed by atoms with Crippen LogP contribution < -0.4 is 5.32 Å². The van der Waals surface area contributed by atoms with Crippen LogP contribution in [0.5, 0.6) is 0 Å². The Morgan fingerprint density at radius 2 is 2.25 bits per heavy atom. The molecule has 1 N–H and O–H groups in total. The molecule has 3 heteroatoms. The lowest BCUT2D eigenvalue weighted by Gasteiger charge is -2.20. The van der Waals surface area contributed by atoms with E-state index in [4.69, 9.17) is 11.6 Å². The van der Waals surface area contributed by atoms with Gasteiger partial charge in [0.15, 0.2) is 0 Å². The Hall–Kier alpha value is -0.0500. The summed E-state index contributed by atoms with van der Waals surface area (Å²) in [6, 6.07) is 2.69. The average Bonchev–Trinajstić information content (AvgIpc) is 2.73. The molecule has 1 aromatic heterocycles. The fourth-order valence-corrected chi connectivity index (χ4v) is 3.46. The van der Waals surface area contributed by atoms with Crippen molar-refractivity contribution >= 4 is 22.9 Å². The molecule has 1 aliphatic rings. The Morgan fingerprint density at radius 1 is 1.50 bits per heavy atom. The quantitative estimate of drug-likeness (QED) is 0.850. The van der Waals surface area contributed by atoms with E-state index in [0.29, 0.717) is 6.04 Å². The van der Waals surface area contributed by atoms with Crippen molar-refractivity contribution in [2.75, 3.05) is 6.54 Å². The van der Waals surface area contributed by atoms with Gasteiger partial charge in [0.05, 0.1) is 4.34 Å². The molecule has 2 rings (SSSR count). The highest BCUT2D eigenvalue weighted by atomic mass is 35.5. The lowest BCUT2D eigenvalue weighted by Crippen LogP contribution is -2.27. The minimum absolute atomic E-state index is 0.542. The molecule has 16 heavy (non-hydrogen) atoms. The molecule has 1 heterocycles. The van der Waals surface area contributed by atoms with Gasteiger partial charge in [-0.3, -0.25) is 0 Å². The van der Waals surface area contributed by atoms with Crippen LogP contribution in [0.3, 0.4) is 0 Å². The van der Waals surface area contributed by atoms with Gasteiger partial charge in [-0.15, -0.1) is 11.3 Å². The van der Waals surface area contributed by atoms with Crippen molar-refractivity contribution in [3.63, 3.8) is 0 Å². The van der Waals surface area contributed by atoms with Crippen LogP contribution in [0.4, 0.5) is 0 Å². The van der Waals surface area contributed by atoms with E-state index in [9.17, 15) is 0 Å². The van der Waals surface area contributed by atoms with Crippen molar-refractivity contribution < 1.29 is 0 Å². The standard InChI is InChI=1S/C13H20ClNS/c1-8(2)9(3)7-15-11-4-5-12-10(11)6-13(14)16-12/h6,8-9,11,15H,4-5,7H2,1-3H3. The monoisotopic (exact) mass is 257 g/mol. The summed E-state index contributed by atoms with van der Waals surface area (Å²) in [6.45, 7) is 7.99. The Labute approximate surface area is 107 Å². The Bertz CT molecular complexity index is 359. The number of aryl methyl sites for hydroxylation is 1. The van der Waals surface area contributed by atoms with Gasteiger partial charge in [0.25, 0.3) is 0 Å². The predicted octanol–water partition coefficient (Wildman–Crippen LogP) is 4.27. The Morgan fingerprint density at radius 3 is 2.94 bits per heavy atom. The SMILES string of the molecule is CC(C)C(C)CNC1CCc2sc(Cl)cc21. The molecule has 1 nitrogen and oxygen atoms in total. The van der Waals surface area contributed by atoms with Crippen LogP contribution in [0.1, 0.15) is 43.7 Å². The summed E-state index contributed by atoms with van der Waals surface area (Å²) in [7, 11) is 0. The van der Waals surface area contributed by atoms with Gasteiger partial charge < -0.3 is 5.32 Å². The fraction of sp³-hybridized carbons (Fsp3) is 0.692. The highest BCUT2D eigenvalue weighted by Gasteiger charge is 2.25. The van der Waals surface area contributed by atoms with Gasteiger partial charge in [-0.2, -0.15) is 0 Å². The topological polar surface area (TPSA) is 12.0 Å². The number of nitrogens with one attached hydrogen (secondary N) is 1. The van der Waals surface area contributed by atoms with Crippen molar-refractivity contribution in [3.8, 4) is 0 Å². The van der Waals surface area contributed by atoms with E-state index < -0.39 is 0 Å². The summed E-state index contributed by atoms with van der Waals surface area (Å²) < 4.78 is 0.938. The molecule has 1 aliphatic carbocycles. The molecule has 0 bridgehead atoms. The lowest BCUT2D eigenvalue weighted by molar-refractivity contribution is 0.368. The molecular weight excluding hydrogens is 238 g/mol. The fourth-order valence-electron chi connectivity index (χ4n) is 2.11. The van der Waals surface area contributed by atoms with Gasteiger partial charge in [-0.1, -0.05) is 32.4 Å². The molecule has 0 saturated carbocycles. The number of hydrogen-bond donors (Lipinski definition) is 1. The summed E-state index contributed by atoms with van der Waals surface area (Å²) in [5.41, 5.74) is 1.45. The molecule has 0 radical (unpaired) electrons. The highest BCUT2D eigenvalue weighted by molar-refractivity contribution is 7.16. The van der Waals surface area contributed by atoms with E-state index in [-0.39, 0.29) is 0 Å². The maximum atomic E-state index is 6.05. The first-order valence-electron chi connectivity index (χ1n) is 6.09. The molecular formula is C13H20ClNS. The smallest absolute Gasteiger partial charge is 0.0934 e. The van der Waals surface area contributed by atoms with Gasteiger partial charge in [0, 0.05) is 10.9 Å². The van der Waals surface area contributed by atoms with E-state index in [0.717, 1.165) is 22.7 Å². The second kappa shape index (κ2) is 5.07. The molecule has 0 fully saturated rings. The van der Waals surface area contributed by atoms with Crippen molar-refractivity contribution in [1.29, 1.82) is 0 Å². The van der Waals surface area contributed by atoms with E-state index in [2.05, 4.69) is 32.2 Å². The molecule has 90 valence electrons. The zero-order valence-corrected chi connectivity index (χ0v) is 11.8. The zero-order chi connectivity index (χ0) is 11.7. The van der Waals surface area contributed by atoms with E-state index in [1.54, 1.807) is 11.3 Å². The first kappa shape index (κ1) is 12.4. The third-order valence-electron chi connectivity index (χ3n) is 3.67. The van der Waals surface area contributed by atoms with Crippen LogP contribution in [0, 0.1) is 11.8 Å². The van der Waals surface area contributed by atoms with Crippen LogP contribution in [0.15, 0.2) is 6.07 Å². The number of thiophene rings is 1. The number of halogens is 1. The number of fused-ring (bicyclic) bond motifs is 1. The van der Waals surface area contributed by atoms with Crippen molar-refractivity contribution in [3.05, 3.63) is 20.8 Å². The number of rotatable bonds is 4. The minimum atomic E-state index is 0.542. The molecule has 0 aromatic carbocycles. The van der Waals surface area contributed by atoms with Gasteiger partial charge in [0.1, 0.15) is 0 Å². The first-order chi connectivity index (χ1) is 7.58. The van der Waals surface area contributed by atoms with Crippen molar-refractivity contribution in [2.24, 2.45) is 11.8 Å². The summed E-state index contributed by atoms with van der Waals surface area (Å²) in [6.07, 6.45) is 2.43. The zero-order valence-electron chi connectivity index (χ0n) is 10.2. The van der Waals surface area contributed by atoms with E-state index in [1.807, 2.05) is 0 Å². The van der Waals surface area contributed by atoms with Gasteiger partial charge in [0.2, 0.25) is 0 Å². The van der Waals surface area contributed by atoms with E-state index in [1.165, 1.54) is 23.3 Å². The van der Waals surface area contributed by atoms with Crippen LogP contribution in [0.2, 0.25) is 4.34 Å².